The van der Waals surface area contributed by atoms with Gasteiger partial charge < -0.3 is 4.42 Å². The van der Waals surface area contributed by atoms with Crippen molar-refractivity contribution in [2.45, 2.75) is 29.4 Å². The molecule has 114 valence electrons. The Labute approximate surface area is 124 Å². The molecule has 0 bridgehead atoms. The Morgan fingerprint density at radius 3 is 2.75 bits per heavy atom. The van der Waals surface area contributed by atoms with Gasteiger partial charge in [0.15, 0.2) is 12.2 Å². The van der Waals surface area contributed by atoms with Crippen molar-refractivity contribution < 1.29 is 21.6 Å². The lowest BCUT2D eigenvalue weighted by Crippen LogP contribution is -2.27. The lowest BCUT2D eigenvalue weighted by Gasteiger charge is -2.06. The molecule has 0 aliphatic heterocycles. The first kappa shape index (κ1) is 15.9. The van der Waals surface area contributed by atoms with Crippen molar-refractivity contribution in [3.05, 3.63) is 17.8 Å². The highest BCUT2D eigenvalue weighted by molar-refractivity contribution is 7.88. The van der Waals surface area contributed by atoms with Gasteiger partial charge in [0.2, 0.25) is 10.0 Å². The molecule has 0 spiro atoms. The van der Waals surface area contributed by atoms with E-state index in [0.717, 1.165) is 6.39 Å². The summed E-state index contributed by atoms with van der Waals surface area (Å²) in [7, 11) is -3.76. The fourth-order valence-corrected chi connectivity index (χ4v) is 3.47. The lowest BCUT2D eigenvalue weighted by molar-refractivity contribution is 0.120. The molecule has 1 aromatic rings. The van der Waals surface area contributed by atoms with E-state index in [4.69, 9.17) is 23.2 Å². The highest BCUT2D eigenvalue weighted by atomic mass is 35.5. The van der Waals surface area contributed by atoms with Crippen LogP contribution in [0.4, 0.5) is 8.78 Å². The third-order valence-corrected chi connectivity index (χ3v) is 5.19. The summed E-state index contributed by atoms with van der Waals surface area (Å²) in [5, 5.41) is 0. The van der Waals surface area contributed by atoms with Crippen molar-refractivity contribution in [2.75, 3.05) is 6.54 Å². The average molecular weight is 349 g/mol. The predicted molar refractivity (Wildman–Crippen MR) is 69.2 cm³/mol. The predicted octanol–water partition coefficient (Wildman–Crippen LogP) is 2.62. The van der Waals surface area contributed by atoms with Crippen molar-refractivity contribution >= 4 is 33.2 Å². The molecule has 1 aromatic heterocycles. The van der Waals surface area contributed by atoms with Gasteiger partial charge in [0.25, 0.3) is 6.43 Å². The van der Waals surface area contributed by atoms with E-state index in [1.54, 1.807) is 0 Å². The molecule has 10 heteroatoms. The van der Waals surface area contributed by atoms with Crippen molar-refractivity contribution in [2.24, 2.45) is 5.92 Å². The van der Waals surface area contributed by atoms with Gasteiger partial charge in [-0.25, -0.2) is 26.9 Å². The molecule has 0 amide bonds. The van der Waals surface area contributed by atoms with Gasteiger partial charge in [-0.1, -0.05) is 0 Å². The first-order valence-corrected chi connectivity index (χ1v) is 8.17. The van der Waals surface area contributed by atoms with Crippen LogP contribution in [0, 0.1) is 5.92 Å². The third kappa shape index (κ3) is 4.03. The van der Waals surface area contributed by atoms with Gasteiger partial charge in [0.05, 0.1) is 0 Å². The van der Waals surface area contributed by atoms with E-state index in [0.29, 0.717) is 12.8 Å². The summed E-state index contributed by atoms with van der Waals surface area (Å²) in [5.41, 5.74) is -0.289. The summed E-state index contributed by atoms with van der Waals surface area (Å²) in [6.45, 7) is 0.149. The van der Waals surface area contributed by atoms with Crippen molar-refractivity contribution in [3.8, 4) is 0 Å². The Morgan fingerprint density at radius 2 is 2.20 bits per heavy atom. The Bertz CT molecular complexity index is 577. The van der Waals surface area contributed by atoms with Gasteiger partial charge in [0, 0.05) is 6.54 Å². The number of sulfonamides is 1. The molecule has 1 fully saturated rings. The summed E-state index contributed by atoms with van der Waals surface area (Å²) in [6.07, 6.45) is -0.989. The molecule has 1 unspecified atom stereocenters. The maximum atomic E-state index is 12.5. The Kier molecular flexibility index (Phi) is 4.58. The molecular formula is C10H12Cl2F2N2O3S. The lowest BCUT2D eigenvalue weighted by atomic mass is 10.3. The second kappa shape index (κ2) is 5.75. The number of hydrogen-bond donors (Lipinski definition) is 1. The number of hydrogen-bond acceptors (Lipinski definition) is 4. The zero-order valence-corrected chi connectivity index (χ0v) is 12.5. The number of aromatic nitrogens is 1. The van der Waals surface area contributed by atoms with E-state index in [2.05, 4.69) is 14.1 Å². The van der Waals surface area contributed by atoms with Crippen LogP contribution >= 0.6 is 23.2 Å². The SMILES string of the molecule is O=S(=O)(Cc1ncoc1C(F)F)NCCC1CC1(Cl)Cl. The van der Waals surface area contributed by atoms with Gasteiger partial charge in [-0.3, -0.25) is 0 Å². The van der Waals surface area contributed by atoms with E-state index < -0.39 is 32.3 Å². The largest absolute Gasteiger partial charge is 0.442 e. The summed E-state index contributed by atoms with van der Waals surface area (Å²) in [4.78, 5) is 3.49. The topological polar surface area (TPSA) is 72.2 Å². The third-order valence-electron chi connectivity index (χ3n) is 2.97. The van der Waals surface area contributed by atoms with Crippen molar-refractivity contribution in [3.63, 3.8) is 0 Å². The molecule has 0 saturated heterocycles. The number of rotatable bonds is 7. The van der Waals surface area contributed by atoms with E-state index in [-0.39, 0.29) is 18.2 Å². The number of nitrogens with zero attached hydrogens (tertiary/aromatic N) is 1. The number of alkyl halides is 4. The molecule has 2 rings (SSSR count). The molecule has 0 radical (unpaired) electrons. The second-order valence-electron chi connectivity index (χ2n) is 4.57. The van der Waals surface area contributed by atoms with Crippen LogP contribution in [-0.4, -0.2) is 24.3 Å². The van der Waals surface area contributed by atoms with Crippen LogP contribution < -0.4 is 4.72 Å². The van der Waals surface area contributed by atoms with E-state index in [1.807, 2.05) is 0 Å². The summed E-state index contributed by atoms with van der Waals surface area (Å²) in [6, 6.07) is 0. The Balaban J connectivity index is 1.86. The summed E-state index contributed by atoms with van der Waals surface area (Å²) < 4.78 is 54.5. The fourth-order valence-electron chi connectivity index (χ4n) is 1.77. The van der Waals surface area contributed by atoms with Crippen LogP contribution in [0.25, 0.3) is 0 Å². The van der Waals surface area contributed by atoms with Crippen molar-refractivity contribution in [1.29, 1.82) is 0 Å². The molecule has 1 aliphatic rings. The Hall–Kier alpha value is -0.440. The van der Waals surface area contributed by atoms with Crippen LogP contribution in [0.1, 0.15) is 30.7 Å². The van der Waals surface area contributed by atoms with E-state index >= 15 is 0 Å². The smallest absolute Gasteiger partial charge is 0.297 e. The standard InChI is InChI=1S/C10H12Cl2F2N2O3S/c11-10(12)3-6(10)1-2-16-20(17,18)4-7-8(9(13)14)19-5-15-7/h5-6,9,16H,1-4H2. The first-order valence-electron chi connectivity index (χ1n) is 5.77. The molecule has 1 saturated carbocycles. The van der Waals surface area contributed by atoms with Gasteiger partial charge in [-0.2, -0.15) is 0 Å². The Morgan fingerprint density at radius 1 is 1.55 bits per heavy atom. The molecule has 1 heterocycles. The zero-order chi connectivity index (χ0) is 15.0. The molecule has 1 N–H and O–H groups in total. The molecule has 0 aromatic carbocycles. The fraction of sp³-hybridized carbons (Fsp3) is 0.700. The van der Waals surface area contributed by atoms with Crippen molar-refractivity contribution in [1.82, 2.24) is 9.71 Å². The van der Waals surface area contributed by atoms with Gasteiger partial charge >= 0.3 is 0 Å². The molecule has 1 atom stereocenters. The van der Waals surface area contributed by atoms with Crippen LogP contribution in [0.5, 0.6) is 0 Å². The minimum absolute atomic E-state index is 0.0530. The number of oxazole rings is 1. The quantitative estimate of drug-likeness (QED) is 0.768. The van der Waals surface area contributed by atoms with E-state index in [1.165, 1.54) is 0 Å². The highest BCUT2D eigenvalue weighted by Gasteiger charge is 2.50. The monoisotopic (exact) mass is 348 g/mol. The summed E-state index contributed by atoms with van der Waals surface area (Å²) >= 11 is 11.6. The molecular weight excluding hydrogens is 337 g/mol. The zero-order valence-electron chi connectivity index (χ0n) is 10.2. The van der Waals surface area contributed by atoms with E-state index in [9.17, 15) is 17.2 Å². The minimum Gasteiger partial charge on any atom is -0.442 e. The normalized spacial score (nSPS) is 21.4. The van der Waals surface area contributed by atoms with Gasteiger partial charge in [-0.15, -0.1) is 23.2 Å². The van der Waals surface area contributed by atoms with Crippen LogP contribution in [0.3, 0.4) is 0 Å². The second-order valence-corrected chi connectivity index (χ2v) is 7.92. The summed E-state index contributed by atoms with van der Waals surface area (Å²) in [5.74, 6) is -1.32. The molecule has 5 nitrogen and oxygen atoms in total. The minimum atomic E-state index is -3.76. The average Bonchev–Trinajstić information content (AvgIpc) is 2.73. The highest BCUT2D eigenvalue weighted by Crippen LogP contribution is 2.54. The number of nitrogens with one attached hydrogen (secondary N) is 1. The van der Waals surface area contributed by atoms with Crippen LogP contribution in [0.15, 0.2) is 10.8 Å². The maximum absolute atomic E-state index is 12.5. The molecule has 1 aliphatic carbocycles. The van der Waals surface area contributed by atoms with Crippen LogP contribution in [0.2, 0.25) is 0 Å². The first-order chi connectivity index (χ1) is 9.21. The molecule has 20 heavy (non-hydrogen) atoms. The number of halogens is 4. The van der Waals surface area contributed by atoms with Crippen LogP contribution in [-0.2, 0) is 15.8 Å². The van der Waals surface area contributed by atoms with Gasteiger partial charge in [-0.05, 0) is 18.8 Å². The maximum Gasteiger partial charge on any atom is 0.297 e. The van der Waals surface area contributed by atoms with Gasteiger partial charge in [0.1, 0.15) is 15.8 Å².